The van der Waals surface area contributed by atoms with Crippen LogP contribution < -0.4 is 5.32 Å². The molecule has 17 heavy (non-hydrogen) atoms. The third-order valence-corrected chi connectivity index (χ3v) is 2.96. The van der Waals surface area contributed by atoms with Gasteiger partial charge in [-0.2, -0.15) is 0 Å². The molecule has 0 spiro atoms. The van der Waals surface area contributed by atoms with Gasteiger partial charge in [-0.05, 0) is 23.3 Å². The Morgan fingerprint density at radius 1 is 1.53 bits per heavy atom. The van der Waals surface area contributed by atoms with Gasteiger partial charge in [-0.1, -0.05) is 13.8 Å². The number of hydrogen-bond acceptors (Lipinski definition) is 5. The Hall–Kier alpha value is -1.01. The number of rotatable bonds is 5. The van der Waals surface area contributed by atoms with Crippen LogP contribution in [0.4, 0.5) is 0 Å². The number of ether oxygens (including phenoxy) is 1. The van der Waals surface area contributed by atoms with Crippen molar-refractivity contribution < 1.29 is 4.74 Å². The average Bonchev–Trinajstić information content (AvgIpc) is 2.75. The van der Waals surface area contributed by atoms with E-state index >= 15 is 0 Å². The highest BCUT2D eigenvalue weighted by Crippen LogP contribution is 2.15. The Kier molecular flexibility index (Phi) is 4.44. The lowest BCUT2D eigenvalue weighted by atomic mass is 10.0. The summed E-state index contributed by atoms with van der Waals surface area (Å²) in [5, 5.41) is 15.2. The molecule has 0 saturated carbocycles. The topological polar surface area (TPSA) is 64.9 Å². The Morgan fingerprint density at radius 3 is 3.12 bits per heavy atom. The fourth-order valence-electron chi connectivity index (χ4n) is 1.98. The van der Waals surface area contributed by atoms with E-state index in [0.29, 0.717) is 12.0 Å². The fourth-order valence-corrected chi connectivity index (χ4v) is 1.98. The second-order valence-corrected chi connectivity index (χ2v) is 4.90. The minimum atomic E-state index is 0.443. The molecule has 2 rings (SSSR count). The standard InChI is InChI=1S/C11H21N5O/c1-9(2)12-6-11-13-14-15-16(11)7-10-4-3-5-17-8-10/h9-10,12H,3-8H2,1-2H3. The van der Waals surface area contributed by atoms with Crippen LogP contribution in [-0.4, -0.2) is 39.5 Å². The van der Waals surface area contributed by atoms with Gasteiger partial charge in [-0.25, -0.2) is 4.68 Å². The highest BCUT2D eigenvalue weighted by atomic mass is 16.5. The molecule has 0 aromatic carbocycles. The first-order chi connectivity index (χ1) is 8.25. The molecule has 1 saturated heterocycles. The van der Waals surface area contributed by atoms with Crippen LogP contribution in [0, 0.1) is 5.92 Å². The second-order valence-electron chi connectivity index (χ2n) is 4.90. The first-order valence-electron chi connectivity index (χ1n) is 6.32. The maximum absolute atomic E-state index is 5.47. The Morgan fingerprint density at radius 2 is 2.41 bits per heavy atom. The fraction of sp³-hybridized carbons (Fsp3) is 0.909. The second kappa shape index (κ2) is 6.07. The van der Waals surface area contributed by atoms with Crippen molar-refractivity contribution in [3.8, 4) is 0 Å². The summed E-state index contributed by atoms with van der Waals surface area (Å²) in [7, 11) is 0. The van der Waals surface area contributed by atoms with Crippen LogP contribution in [0.25, 0.3) is 0 Å². The van der Waals surface area contributed by atoms with Gasteiger partial charge in [0.1, 0.15) is 0 Å². The third kappa shape index (κ3) is 3.74. The van der Waals surface area contributed by atoms with Crippen LogP contribution in [0.1, 0.15) is 32.5 Å². The average molecular weight is 239 g/mol. The van der Waals surface area contributed by atoms with Crippen molar-refractivity contribution in [1.82, 2.24) is 25.5 Å². The van der Waals surface area contributed by atoms with E-state index < -0.39 is 0 Å². The molecule has 0 aliphatic carbocycles. The summed E-state index contributed by atoms with van der Waals surface area (Å²) in [6, 6.07) is 0.443. The molecular formula is C11H21N5O. The molecule has 6 nitrogen and oxygen atoms in total. The zero-order valence-corrected chi connectivity index (χ0v) is 10.6. The van der Waals surface area contributed by atoms with Crippen LogP contribution in [0.3, 0.4) is 0 Å². The zero-order chi connectivity index (χ0) is 12.1. The van der Waals surface area contributed by atoms with Gasteiger partial charge >= 0.3 is 0 Å². The highest BCUT2D eigenvalue weighted by molar-refractivity contribution is 4.81. The summed E-state index contributed by atoms with van der Waals surface area (Å²) >= 11 is 0. The zero-order valence-electron chi connectivity index (χ0n) is 10.6. The van der Waals surface area contributed by atoms with E-state index in [2.05, 4.69) is 34.7 Å². The molecule has 6 heteroatoms. The van der Waals surface area contributed by atoms with Gasteiger partial charge < -0.3 is 10.1 Å². The minimum absolute atomic E-state index is 0.443. The summed E-state index contributed by atoms with van der Waals surface area (Å²) in [5.74, 6) is 1.45. The van der Waals surface area contributed by atoms with Crippen LogP contribution in [0.5, 0.6) is 0 Å². The Labute approximate surface area is 102 Å². The van der Waals surface area contributed by atoms with Crippen LogP contribution in [-0.2, 0) is 17.8 Å². The summed E-state index contributed by atoms with van der Waals surface area (Å²) < 4.78 is 7.37. The third-order valence-electron chi connectivity index (χ3n) is 2.96. The van der Waals surface area contributed by atoms with Gasteiger partial charge in [0.05, 0.1) is 13.2 Å². The van der Waals surface area contributed by atoms with E-state index in [0.717, 1.165) is 38.5 Å². The van der Waals surface area contributed by atoms with Gasteiger partial charge in [-0.15, -0.1) is 5.10 Å². The molecular weight excluding hydrogens is 218 g/mol. The first-order valence-corrected chi connectivity index (χ1v) is 6.32. The molecule has 1 unspecified atom stereocenters. The van der Waals surface area contributed by atoms with Crippen molar-refractivity contribution in [2.24, 2.45) is 5.92 Å². The molecule has 1 N–H and O–H groups in total. The maximum atomic E-state index is 5.47. The lowest BCUT2D eigenvalue weighted by Gasteiger charge is -2.22. The monoisotopic (exact) mass is 239 g/mol. The molecule has 0 radical (unpaired) electrons. The van der Waals surface area contributed by atoms with Gasteiger partial charge in [0.15, 0.2) is 5.82 Å². The van der Waals surface area contributed by atoms with Crippen molar-refractivity contribution in [3.05, 3.63) is 5.82 Å². The van der Waals surface area contributed by atoms with Crippen molar-refractivity contribution in [2.75, 3.05) is 13.2 Å². The molecule has 1 aromatic rings. The smallest absolute Gasteiger partial charge is 0.165 e. The molecule has 0 amide bonds. The number of nitrogens with one attached hydrogen (secondary N) is 1. The molecule has 2 heterocycles. The summed E-state index contributed by atoms with van der Waals surface area (Å²) in [5.41, 5.74) is 0. The number of tetrazole rings is 1. The largest absolute Gasteiger partial charge is 0.381 e. The van der Waals surface area contributed by atoms with E-state index in [9.17, 15) is 0 Å². The lowest BCUT2D eigenvalue weighted by Crippen LogP contribution is -2.27. The molecule has 1 aromatic heterocycles. The lowest BCUT2D eigenvalue weighted by molar-refractivity contribution is 0.0464. The number of aromatic nitrogens is 4. The number of hydrogen-bond donors (Lipinski definition) is 1. The van der Waals surface area contributed by atoms with E-state index in [4.69, 9.17) is 4.74 Å². The van der Waals surface area contributed by atoms with E-state index in [1.807, 2.05) is 4.68 Å². The van der Waals surface area contributed by atoms with E-state index in [-0.39, 0.29) is 0 Å². The highest BCUT2D eigenvalue weighted by Gasteiger charge is 2.17. The Balaban J connectivity index is 1.88. The molecule has 1 aliphatic rings. The first kappa shape index (κ1) is 12.4. The van der Waals surface area contributed by atoms with Crippen LogP contribution >= 0.6 is 0 Å². The van der Waals surface area contributed by atoms with Gasteiger partial charge in [0, 0.05) is 25.1 Å². The predicted molar refractivity (Wildman–Crippen MR) is 63.3 cm³/mol. The van der Waals surface area contributed by atoms with Crippen molar-refractivity contribution in [2.45, 2.75) is 45.8 Å². The van der Waals surface area contributed by atoms with E-state index in [1.54, 1.807) is 0 Å². The van der Waals surface area contributed by atoms with Crippen LogP contribution in [0.2, 0.25) is 0 Å². The maximum Gasteiger partial charge on any atom is 0.165 e. The van der Waals surface area contributed by atoms with Crippen molar-refractivity contribution >= 4 is 0 Å². The molecule has 1 aliphatic heterocycles. The van der Waals surface area contributed by atoms with Gasteiger partial charge in [0.25, 0.3) is 0 Å². The van der Waals surface area contributed by atoms with Gasteiger partial charge in [0.2, 0.25) is 0 Å². The molecule has 0 bridgehead atoms. The van der Waals surface area contributed by atoms with Crippen LogP contribution in [0.15, 0.2) is 0 Å². The molecule has 1 atom stereocenters. The van der Waals surface area contributed by atoms with E-state index in [1.165, 1.54) is 6.42 Å². The normalized spacial score (nSPS) is 21.0. The van der Waals surface area contributed by atoms with Crippen molar-refractivity contribution in [1.29, 1.82) is 0 Å². The van der Waals surface area contributed by atoms with Gasteiger partial charge in [-0.3, -0.25) is 0 Å². The summed E-state index contributed by atoms with van der Waals surface area (Å²) in [4.78, 5) is 0. The predicted octanol–water partition coefficient (Wildman–Crippen LogP) is 0.598. The minimum Gasteiger partial charge on any atom is -0.381 e. The quantitative estimate of drug-likeness (QED) is 0.815. The molecule has 96 valence electrons. The summed E-state index contributed by atoms with van der Waals surface area (Å²) in [6.45, 7) is 7.54. The SMILES string of the molecule is CC(C)NCc1nnnn1CC1CCCOC1. The summed E-state index contributed by atoms with van der Waals surface area (Å²) in [6.07, 6.45) is 2.35. The number of nitrogens with zero attached hydrogens (tertiary/aromatic N) is 4. The molecule has 1 fully saturated rings. The van der Waals surface area contributed by atoms with Crippen molar-refractivity contribution in [3.63, 3.8) is 0 Å². The Bertz CT molecular complexity index is 332.